The maximum atomic E-state index is 11.5. The Bertz CT molecular complexity index is 469. The highest BCUT2D eigenvalue weighted by atomic mass is 16.5. The predicted molar refractivity (Wildman–Crippen MR) is 75.5 cm³/mol. The number of carboxylic acid groups (broad SMARTS) is 1. The van der Waals surface area contributed by atoms with Crippen molar-refractivity contribution in [2.45, 2.75) is 25.3 Å². The molecule has 0 spiro atoms. The van der Waals surface area contributed by atoms with Crippen LogP contribution in [0.25, 0.3) is 0 Å². The summed E-state index contributed by atoms with van der Waals surface area (Å²) >= 11 is 0. The first-order valence-electron chi connectivity index (χ1n) is 6.83. The zero-order valence-corrected chi connectivity index (χ0v) is 12.0. The largest absolute Gasteiger partial charge is 0.497 e. The molecular weight excluding hydrogens is 258 g/mol. The van der Waals surface area contributed by atoms with Crippen LogP contribution in [0.3, 0.4) is 0 Å². The Morgan fingerprint density at radius 3 is 2.55 bits per heavy atom. The first-order valence-corrected chi connectivity index (χ1v) is 6.83. The molecule has 110 valence electrons. The molecule has 0 radical (unpaired) electrons. The van der Waals surface area contributed by atoms with Crippen LogP contribution in [0.5, 0.6) is 11.5 Å². The second-order valence-electron chi connectivity index (χ2n) is 4.98. The van der Waals surface area contributed by atoms with Gasteiger partial charge in [0.15, 0.2) is 0 Å². The standard InChI is InChI=1S/C15H21NO4/c1-19-12-6-5-11(14(10-12)20-2)9-13(15(17)18)16-7-3-4-8-16/h5-6,10,13H,3-4,7-9H2,1-2H3,(H,17,18). The summed E-state index contributed by atoms with van der Waals surface area (Å²) in [6.07, 6.45) is 2.59. The van der Waals surface area contributed by atoms with E-state index < -0.39 is 12.0 Å². The summed E-state index contributed by atoms with van der Waals surface area (Å²) < 4.78 is 10.5. The van der Waals surface area contributed by atoms with Crippen molar-refractivity contribution in [3.63, 3.8) is 0 Å². The number of benzene rings is 1. The Labute approximate surface area is 119 Å². The fourth-order valence-corrected chi connectivity index (χ4v) is 2.65. The average molecular weight is 279 g/mol. The van der Waals surface area contributed by atoms with Gasteiger partial charge in [0.05, 0.1) is 14.2 Å². The number of hydrogen-bond donors (Lipinski definition) is 1. The lowest BCUT2D eigenvalue weighted by Gasteiger charge is -2.24. The smallest absolute Gasteiger partial charge is 0.321 e. The van der Waals surface area contributed by atoms with Gasteiger partial charge in [-0.1, -0.05) is 6.07 Å². The zero-order chi connectivity index (χ0) is 14.5. The second kappa shape index (κ2) is 6.61. The molecular formula is C15H21NO4. The maximum absolute atomic E-state index is 11.5. The lowest BCUT2D eigenvalue weighted by Crippen LogP contribution is -2.40. The fourth-order valence-electron chi connectivity index (χ4n) is 2.65. The van der Waals surface area contributed by atoms with Crippen molar-refractivity contribution in [1.82, 2.24) is 4.90 Å². The molecule has 1 heterocycles. The minimum atomic E-state index is -0.773. The Morgan fingerprint density at radius 2 is 2.00 bits per heavy atom. The van der Waals surface area contributed by atoms with Crippen molar-refractivity contribution >= 4 is 5.97 Å². The number of likely N-dealkylation sites (tertiary alicyclic amines) is 1. The van der Waals surface area contributed by atoms with E-state index in [9.17, 15) is 9.90 Å². The third-order valence-electron chi connectivity index (χ3n) is 3.77. The molecule has 20 heavy (non-hydrogen) atoms. The Morgan fingerprint density at radius 1 is 1.30 bits per heavy atom. The summed E-state index contributed by atoms with van der Waals surface area (Å²) in [7, 11) is 3.18. The van der Waals surface area contributed by atoms with Gasteiger partial charge in [0, 0.05) is 12.5 Å². The van der Waals surface area contributed by atoms with Gasteiger partial charge >= 0.3 is 5.97 Å². The van der Waals surface area contributed by atoms with Crippen LogP contribution in [0.4, 0.5) is 0 Å². The minimum Gasteiger partial charge on any atom is -0.497 e. The summed E-state index contributed by atoms with van der Waals surface area (Å²) in [6.45, 7) is 1.71. The molecule has 0 aliphatic carbocycles. The second-order valence-corrected chi connectivity index (χ2v) is 4.98. The molecule has 5 nitrogen and oxygen atoms in total. The van der Waals surface area contributed by atoms with E-state index in [1.807, 2.05) is 17.0 Å². The Hall–Kier alpha value is -1.75. The van der Waals surface area contributed by atoms with E-state index in [1.54, 1.807) is 20.3 Å². The highest BCUT2D eigenvalue weighted by Crippen LogP contribution is 2.27. The molecule has 2 rings (SSSR count). The third-order valence-corrected chi connectivity index (χ3v) is 3.77. The van der Waals surface area contributed by atoms with Crippen LogP contribution in [-0.4, -0.2) is 49.3 Å². The van der Waals surface area contributed by atoms with Crippen LogP contribution in [0.2, 0.25) is 0 Å². The van der Waals surface area contributed by atoms with Gasteiger partial charge in [0.2, 0.25) is 0 Å². The lowest BCUT2D eigenvalue weighted by molar-refractivity contribution is -0.142. The van der Waals surface area contributed by atoms with Crippen LogP contribution >= 0.6 is 0 Å². The Kier molecular flexibility index (Phi) is 4.84. The maximum Gasteiger partial charge on any atom is 0.321 e. The number of ether oxygens (including phenoxy) is 2. The molecule has 1 aromatic carbocycles. The summed E-state index contributed by atoms with van der Waals surface area (Å²) in [5.74, 6) is 0.609. The molecule has 1 N–H and O–H groups in total. The molecule has 1 aromatic rings. The van der Waals surface area contributed by atoms with Gasteiger partial charge in [0.1, 0.15) is 17.5 Å². The van der Waals surface area contributed by atoms with E-state index in [-0.39, 0.29) is 0 Å². The zero-order valence-electron chi connectivity index (χ0n) is 12.0. The molecule has 0 aromatic heterocycles. The van der Waals surface area contributed by atoms with E-state index in [1.165, 1.54) is 0 Å². The highest BCUT2D eigenvalue weighted by molar-refractivity contribution is 5.74. The molecule has 1 aliphatic heterocycles. The fraction of sp³-hybridized carbons (Fsp3) is 0.533. The topological polar surface area (TPSA) is 59.0 Å². The van der Waals surface area contributed by atoms with Crippen molar-refractivity contribution in [3.05, 3.63) is 23.8 Å². The van der Waals surface area contributed by atoms with Gasteiger partial charge in [-0.05, 0) is 37.6 Å². The highest BCUT2D eigenvalue weighted by Gasteiger charge is 2.28. The van der Waals surface area contributed by atoms with Gasteiger partial charge < -0.3 is 14.6 Å². The molecule has 1 fully saturated rings. The number of hydrogen-bond acceptors (Lipinski definition) is 4. The predicted octanol–water partition coefficient (Wildman–Crippen LogP) is 1.80. The summed E-state index contributed by atoms with van der Waals surface area (Å²) in [5, 5.41) is 9.45. The van der Waals surface area contributed by atoms with E-state index in [4.69, 9.17) is 9.47 Å². The van der Waals surface area contributed by atoms with Gasteiger partial charge in [0.25, 0.3) is 0 Å². The average Bonchev–Trinajstić information content (AvgIpc) is 2.98. The van der Waals surface area contributed by atoms with E-state index in [0.717, 1.165) is 31.5 Å². The summed E-state index contributed by atoms with van der Waals surface area (Å²) in [6, 6.07) is 5.02. The van der Waals surface area contributed by atoms with Gasteiger partial charge in [-0.2, -0.15) is 0 Å². The molecule has 0 bridgehead atoms. The van der Waals surface area contributed by atoms with Crippen LogP contribution in [0, 0.1) is 0 Å². The van der Waals surface area contributed by atoms with E-state index in [2.05, 4.69) is 0 Å². The first-order chi connectivity index (χ1) is 9.65. The molecule has 5 heteroatoms. The molecule has 1 saturated heterocycles. The number of aliphatic carboxylic acids is 1. The van der Waals surface area contributed by atoms with Crippen molar-refractivity contribution in [2.75, 3.05) is 27.3 Å². The van der Waals surface area contributed by atoms with Crippen molar-refractivity contribution in [2.24, 2.45) is 0 Å². The van der Waals surface area contributed by atoms with E-state index in [0.29, 0.717) is 17.9 Å². The van der Waals surface area contributed by atoms with Crippen molar-refractivity contribution in [1.29, 1.82) is 0 Å². The molecule has 0 saturated carbocycles. The SMILES string of the molecule is COc1ccc(CC(C(=O)O)N2CCCC2)c(OC)c1. The van der Waals surface area contributed by atoms with Crippen LogP contribution in [0.1, 0.15) is 18.4 Å². The van der Waals surface area contributed by atoms with E-state index >= 15 is 0 Å². The van der Waals surface area contributed by atoms with Crippen molar-refractivity contribution in [3.8, 4) is 11.5 Å². The van der Waals surface area contributed by atoms with Gasteiger partial charge in [-0.25, -0.2) is 0 Å². The first kappa shape index (κ1) is 14.7. The molecule has 1 aliphatic rings. The van der Waals surface area contributed by atoms with Crippen LogP contribution in [-0.2, 0) is 11.2 Å². The number of carboxylic acids is 1. The normalized spacial score (nSPS) is 16.9. The molecule has 1 atom stereocenters. The molecule has 0 amide bonds. The number of nitrogens with zero attached hydrogens (tertiary/aromatic N) is 1. The summed E-state index contributed by atoms with van der Waals surface area (Å²) in [4.78, 5) is 13.5. The lowest BCUT2D eigenvalue weighted by atomic mass is 10.0. The minimum absolute atomic E-state index is 0.447. The number of carbonyl (C=O) groups is 1. The molecule has 1 unspecified atom stereocenters. The number of rotatable bonds is 6. The number of methoxy groups -OCH3 is 2. The van der Waals surface area contributed by atoms with Gasteiger partial charge in [-0.3, -0.25) is 9.69 Å². The van der Waals surface area contributed by atoms with Gasteiger partial charge in [-0.15, -0.1) is 0 Å². The van der Waals surface area contributed by atoms with Crippen LogP contribution < -0.4 is 9.47 Å². The summed E-state index contributed by atoms with van der Waals surface area (Å²) in [5.41, 5.74) is 0.896. The Balaban J connectivity index is 2.19. The third kappa shape index (κ3) is 3.22. The quantitative estimate of drug-likeness (QED) is 0.860. The van der Waals surface area contributed by atoms with Crippen LogP contribution in [0.15, 0.2) is 18.2 Å². The van der Waals surface area contributed by atoms with Crippen molar-refractivity contribution < 1.29 is 19.4 Å². The monoisotopic (exact) mass is 279 g/mol.